The van der Waals surface area contributed by atoms with Gasteiger partial charge in [-0.05, 0) is 49.2 Å². The van der Waals surface area contributed by atoms with Crippen molar-refractivity contribution in [3.05, 3.63) is 57.6 Å². The van der Waals surface area contributed by atoms with Gasteiger partial charge in [0.25, 0.3) is 5.91 Å². The Balaban J connectivity index is 2.22. The number of hydrogen-bond acceptors (Lipinski definition) is 2. The molecule has 98 valence electrons. The number of rotatable bonds is 2. The van der Waals surface area contributed by atoms with Crippen molar-refractivity contribution < 1.29 is 9.18 Å². The van der Waals surface area contributed by atoms with Crippen molar-refractivity contribution >= 4 is 27.5 Å². The van der Waals surface area contributed by atoms with Crippen molar-refractivity contribution in [2.75, 3.05) is 5.32 Å². The first-order valence-electron chi connectivity index (χ1n) is 5.67. The SMILES string of the molecule is Cc1cc(NC(=O)c2ccc(F)nc2)cc(C)c1Br. The molecule has 0 aliphatic rings. The second-order valence-corrected chi connectivity index (χ2v) is 5.04. The Labute approximate surface area is 119 Å². The number of carbonyl (C=O) groups is 1. The zero-order valence-corrected chi connectivity index (χ0v) is 12.1. The van der Waals surface area contributed by atoms with Gasteiger partial charge in [-0.15, -0.1) is 0 Å². The average Bonchev–Trinajstić information content (AvgIpc) is 2.36. The van der Waals surface area contributed by atoms with Gasteiger partial charge in [0.1, 0.15) is 0 Å². The molecule has 1 amide bonds. The van der Waals surface area contributed by atoms with Crippen LogP contribution in [0.2, 0.25) is 0 Å². The van der Waals surface area contributed by atoms with Gasteiger partial charge in [-0.1, -0.05) is 15.9 Å². The first kappa shape index (κ1) is 13.7. The number of anilines is 1. The van der Waals surface area contributed by atoms with E-state index < -0.39 is 5.95 Å². The lowest BCUT2D eigenvalue weighted by atomic mass is 10.1. The maximum absolute atomic E-state index is 12.7. The molecule has 19 heavy (non-hydrogen) atoms. The van der Waals surface area contributed by atoms with Crippen molar-refractivity contribution in [2.45, 2.75) is 13.8 Å². The van der Waals surface area contributed by atoms with Crippen LogP contribution in [-0.2, 0) is 0 Å². The molecule has 0 radical (unpaired) electrons. The van der Waals surface area contributed by atoms with E-state index in [1.165, 1.54) is 12.3 Å². The summed E-state index contributed by atoms with van der Waals surface area (Å²) in [5, 5.41) is 2.76. The Bertz CT molecular complexity index is 603. The number of halogens is 2. The van der Waals surface area contributed by atoms with Crippen LogP contribution >= 0.6 is 15.9 Å². The fourth-order valence-electron chi connectivity index (χ4n) is 1.73. The molecule has 5 heteroatoms. The summed E-state index contributed by atoms with van der Waals surface area (Å²) < 4.78 is 13.7. The molecule has 0 spiro atoms. The number of hydrogen-bond donors (Lipinski definition) is 1. The molecule has 0 unspecified atom stereocenters. The molecule has 0 saturated heterocycles. The highest BCUT2D eigenvalue weighted by Crippen LogP contribution is 2.25. The summed E-state index contributed by atoms with van der Waals surface area (Å²) in [6.45, 7) is 3.90. The second-order valence-electron chi connectivity index (χ2n) is 4.25. The summed E-state index contributed by atoms with van der Waals surface area (Å²) in [5.74, 6) is -0.916. The van der Waals surface area contributed by atoms with Crippen LogP contribution in [0.3, 0.4) is 0 Å². The van der Waals surface area contributed by atoms with E-state index in [1.54, 1.807) is 0 Å². The molecule has 1 heterocycles. The molecular formula is C14H12BrFN2O. The van der Waals surface area contributed by atoms with E-state index in [-0.39, 0.29) is 5.91 Å². The molecule has 0 bridgehead atoms. The third-order valence-electron chi connectivity index (χ3n) is 2.68. The lowest BCUT2D eigenvalue weighted by Crippen LogP contribution is -2.12. The molecule has 0 aliphatic carbocycles. The van der Waals surface area contributed by atoms with Crippen LogP contribution in [0.25, 0.3) is 0 Å². The Morgan fingerprint density at radius 1 is 1.26 bits per heavy atom. The Hall–Kier alpha value is -1.75. The summed E-state index contributed by atoms with van der Waals surface area (Å²) >= 11 is 3.47. The lowest BCUT2D eigenvalue weighted by molar-refractivity contribution is 0.102. The Morgan fingerprint density at radius 2 is 1.89 bits per heavy atom. The smallest absolute Gasteiger partial charge is 0.257 e. The molecule has 0 atom stereocenters. The van der Waals surface area contributed by atoms with Crippen molar-refractivity contribution in [3.8, 4) is 0 Å². The highest BCUT2D eigenvalue weighted by molar-refractivity contribution is 9.10. The lowest BCUT2D eigenvalue weighted by Gasteiger charge is -2.09. The maximum Gasteiger partial charge on any atom is 0.257 e. The number of aryl methyl sites for hydroxylation is 2. The van der Waals surface area contributed by atoms with E-state index in [2.05, 4.69) is 26.2 Å². The largest absolute Gasteiger partial charge is 0.322 e. The zero-order chi connectivity index (χ0) is 14.0. The summed E-state index contributed by atoms with van der Waals surface area (Å²) in [5.41, 5.74) is 3.09. The first-order chi connectivity index (χ1) is 8.97. The fourth-order valence-corrected chi connectivity index (χ4v) is 1.96. The topological polar surface area (TPSA) is 42.0 Å². The second kappa shape index (κ2) is 5.48. The van der Waals surface area contributed by atoms with Gasteiger partial charge in [0.2, 0.25) is 5.95 Å². The van der Waals surface area contributed by atoms with E-state index in [0.29, 0.717) is 11.3 Å². The van der Waals surface area contributed by atoms with Crippen LogP contribution in [0.15, 0.2) is 34.9 Å². The van der Waals surface area contributed by atoms with Crippen LogP contribution in [0, 0.1) is 19.8 Å². The van der Waals surface area contributed by atoms with Crippen molar-refractivity contribution in [2.24, 2.45) is 0 Å². The highest BCUT2D eigenvalue weighted by Gasteiger charge is 2.09. The van der Waals surface area contributed by atoms with Crippen molar-refractivity contribution in [1.82, 2.24) is 4.98 Å². The monoisotopic (exact) mass is 322 g/mol. The quantitative estimate of drug-likeness (QED) is 0.853. The molecule has 1 aromatic heterocycles. The van der Waals surface area contributed by atoms with Gasteiger partial charge in [-0.25, -0.2) is 4.98 Å². The number of amides is 1. The summed E-state index contributed by atoms with van der Waals surface area (Å²) in [4.78, 5) is 15.4. The standard InChI is InChI=1S/C14H12BrFN2O/c1-8-5-11(6-9(2)13(8)15)18-14(19)10-3-4-12(16)17-7-10/h3-7H,1-2H3,(H,18,19). The van der Waals surface area contributed by atoms with E-state index in [0.717, 1.165) is 21.7 Å². The van der Waals surface area contributed by atoms with Crippen molar-refractivity contribution in [1.29, 1.82) is 0 Å². The van der Waals surface area contributed by atoms with E-state index in [4.69, 9.17) is 0 Å². The zero-order valence-electron chi connectivity index (χ0n) is 10.5. The number of carbonyl (C=O) groups excluding carboxylic acids is 1. The average molecular weight is 323 g/mol. The van der Waals surface area contributed by atoms with E-state index >= 15 is 0 Å². The van der Waals surface area contributed by atoms with Gasteiger partial charge in [-0.3, -0.25) is 4.79 Å². The molecule has 0 saturated carbocycles. The molecule has 1 N–H and O–H groups in total. The third kappa shape index (κ3) is 3.17. The number of nitrogens with zero attached hydrogens (tertiary/aromatic N) is 1. The maximum atomic E-state index is 12.7. The van der Waals surface area contributed by atoms with Crippen LogP contribution in [-0.4, -0.2) is 10.9 Å². The van der Waals surface area contributed by atoms with Crippen LogP contribution < -0.4 is 5.32 Å². The van der Waals surface area contributed by atoms with Gasteiger partial charge in [0.15, 0.2) is 0 Å². The molecular weight excluding hydrogens is 311 g/mol. The van der Waals surface area contributed by atoms with Gasteiger partial charge in [-0.2, -0.15) is 4.39 Å². The van der Waals surface area contributed by atoms with Gasteiger partial charge in [0, 0.05) is 16.4 Å². The minimum atomic E-state index is -0.605. The minimum absolute atomic E-state index is 0.311. The number of benzene rings is 1. The van der Waals surface area contributed by atoms with Crippen LogP contribution in [0.5, 0.6) is 0 Å². The summed E-state index contributed by atoms with van der Waals surface area (Å²) in [6, 6.07) is 6.29. The van der Waals surface area contributed by atoms with Crippen LogP contribution in [0.4, 0.5) is 10.1 Å². The predicted molar refractivity (Wildman–Crippen MR) is 75.8 cm³/mol. The molecule has 2 aromatic rings. The van der Waals surface area contributed by atoms with Gasteiger partial charge in [0.05, 0.1) is 5.56 Å². The first-order valence-corrected chi connectivity index (χ1v) is 6.46. The molecule has 2 rings (SSSR count). The van der Waals surface area contributed by atoms with Gasteiger partial charge < -0.3 is 5.32 Å². The third-order valence-corrected chi connectivity index (χ3v) is 3.93. The fraction of sp³-hybridized carbons (Fsp3) is 0.143. The van der Waals surface area contributed by atoms with E-state index in [1.807, 2.05) is 26.0 Å². The van der Waals surface area contributed by atoms with Crippen LogP contribution in [0.1, 0.15) is 21.5 Å². The molecule has 3 nitrogen and oxygen atoms in total. The molecule has 0 aliphatic heterocycles. The Kier molecular flexibility index (Phi) is 3.95. The number of pyridine rings is 1. The summed E-state index contributed by atoms with van der Waals surface area (Å²) in [7, 11) is 0. The predicted octanol–water partition coefficient (Wildman–Crippen LogP) is 3.85. The molecule has 1 aromatic carbocycles. The minimum Gasteiger partial charge on any atom is -0.322 e. The summed E-state index contributed by atoms with van der Waals surface area (Å²) in [6.07, 6.45) is 1.21. The Morgan fingerprint density at radius 3 is 2.42 bits per heavy atom. The highest BCUT2D eigenvalue weighted by atomic mass is 79.9. The molecule has 0 fully saturated rings. The van der Waals surface area contributed by atoms with Crippen molar-refractivity contribution in [3.63, 3.8) is 0 Å². The number of aromatic nitrogens is 1. The number of nitrogens with one attached hydrogen (secondary N) is 1. The van der Waals surface area contributed by atoms with Gasteiger partial charge >= 0.3 is 0 Å². The normalized spacial score (nSPS) is 10.3. The van der Waals surface area contributed by atoms with E-state index in [9.17, 15) is 9.18 Å².